The van der Waals surface area contributed by atoms with Gasteiger partial charge in [0.25, 0.3) is 0 Å². The molecular weight excluding hydrogens is 188 g/mol. The molecule has 0 N–H and O–H groups in total. The van der Waals surface area contributed by atoms with Crippen molar-refractivity contribution in [3.8, 4) is 0 Å². The van der Waals surface area contributed by atoms with Crippen molar-refractivity contribution in [3.05, 3.63) is 36.4 Å². The number of thioether (sulfide) groups is 1. The molecule has 1 aromatic rings. The summed E-state index contributed by atoms with van der Waals surface area (Å²) in [5.74, 6) is 0. The van der Waals surface area contributed by atoms with Crippen molar-refractivity contribution in [2.75, 3.05) is 6.26 Å². The fraction of sp³-hybridized carbons (Fsp3) is 0.385. The summed E-state index contributed by atoms with van der Waals surface area (Å²) >= 11 is 1.75. The SMILES string of the molecule is C=Cc1ccccc1SC.CC.CC. The molecule has 1 heteroatoms. The average molecular weight is 210 g/mol. The Hall–Kier alpha value is -0.690. The van der Waals surface area contributed by atoms with E-state index in [1.807, 2.05) is 45.9 Å². The highest BCUT2D eigenvalue weighted by Gasteiger charge is 1.92. The standard InChI is InChI=1S/C9H10S.2C2H6/c1-3-8-6-4-5-7-9(8)10-2;2*1-2/h3-7H,1H2,2H3;2*1-2H3. The first-order valence-corrected chi connectivity index (χ1v) is 6.36. The van der Waals surface area contributed by atoms with E-state index >= 15 is 0 Å². The Morgan fingerprint density at radius 1 is 1.07 bits per heavy atom. The molecule has 0 fully saturated rings. The monoisotopic (exact) mass is 210 g/mol. The molecule has 0 heterocycles. The van der Waals surface area contributed by atoms with Crippen LogP contribution in [0, 0.1) is 0 Å². The topological polar surface area (TPSA) is 0 Å². The molecule has 1 rings (SSSR count). The lowest BCUT2D eigenvalue weighted by molar-refractivity contribution is 1.43. The van der Waals surface area contributed by atoms with Gasteiger partial charge in [0, 0.05) is 4.90 Å². The molecule has 0 aliphatic carbocycles. The van der Waals surface area contributed by atoms with Crippen molar-refractivity contribution < 1.29 is 0 Å². The maximum Gasteiger partial charge on any atom is 0.0141 e. The molecule has 0 aliphatic heterocycles. The van der Waals surface area contributed by atoms with Crippen LogP contribution in [0.5, 0.6) is 0 Å². The van der Waals surface area contributed by atoms with E-state index in [0.29, 0.717) is 0 Å². The largest absolute Gasteiger partial charge is 0.129 e. The zero-order chi connectivity index (χ0) is 11.4. The second-order valence-corrected chi connectivity index (χ2v) is 2.79. The zero-order valence-electron chi connectivity index (χ0n) is 10.0. The van der Waals surface area contributed by atoms with Crippen molar-refractivity contribution in [1.82, 2.24) is 0 Å². The smallest absolute Gasteiger partial charge is 0.0141 e. The van der Waals surface area contributed by atoms with E-state index in [4.69, 9.17) is 0 Å². The van der Waals surface area contributed by atoms with Crippen LogP contribution in [0.4, 0.5) is 0 Å². The van der Waals surface area contributed by atoms with Crippen LogP contribution in [0.2, 0.25) is 0 Å². The number of rotatable bonds is 2. The summed E-state index contributed by atoms with van der Waals surface area (Å²) < 4.78 is 0. The predicted octanol–water partition coefficient (Wildman–Crippen LogP) is 5.10. The predicted molar refractivity (Wildman–Crippen MR) is 71.0 cm³/mol. The third kappa shape index (κ3) is 5.87. The van der Waals surface area contributed by atoms with E-state index in [-0.39, 0.29) is 0 Å². The van der Waals surface area contributed by atoms with Crippen LogP contribution in [0.1, 0.15) is 33.3 Å². The molecule has 0 unspecified atom stereocenters. The number of hydrogen-bond donors (Lipinski definition) is 0. The van der Waals surface area contributed by atoms with E-state index < -0.39 is 0 Å². The van der Waals surface area contributed by atoms with E-state index in [1.54, 1.807) is 11.8 Å². The molecule has 0 bridgehead atoms. The molecule has 0 atom stereocenters. The van der Waals surface area contributed by atoms with Crippen LogP contribution in [0.25, 0.3) is 6.08 Å². The quantitative estimate of drug-likeness (QED) is 0.612. The first kappa shape index (κ1) is 15.8. The zero-order valence-corrected chi connectivity index (χ0v) is 10.8. The minimum absolute atomic E-state index is 1.22. The lowest BCUT2D eigenvalue weighted by Crippen LogP contribution is -1.74. The Morgan fingerprint density at radius 3 is 1.93 bits per heavy atom. The lowest BCUT2D eigenvalue weighted by Gasteiger charge is -1.99. The van der Waals surface area contributed by atoms with Crippen LogP contribution in [0.3, 0.4) is 0 Å². The average Bonchev–Trinajstić information content (AvgIpc) is 2.34. The van der Waals surface area contributed by atoms with Gasteiger partial charge < -0.3 is 0 Å². The van der Waals surface area contributed by atoms with Gasteiger partial charge in [0.15, 0.2) is 0 Å². The van der Waals surface area contributed by atoms with Gasteiger partial charge in [-0.05, 0) is 17.9 Å². The summed E-state index contributed by atoms with van der Waals surface area (Å²) in [4.78, 5) is 1.29. The summed E-state index contributed by atoms with van der Waals surface area (Å²) in [7, 11) is 0. The Bertz CT molecular complexity index is 228. The maximum absolute atomic E-state index is 3.73. The number of benzene rings is 1. The van der Waals surface area contributed by atoms with Gasteiger partial charge in [-0.1, -0.05) is 58.5 Å². The van der Waals surface area contributed by atoms with E-state index in [1.165, 1.54) is 10.5 Å². The molecule has 0 aromatic heterocycles. The van der Waals surface area contributed by atoms with Crippen LogP contribution in [-0.2, 0) is 0 Å². The summed E-state index contributed by atoms with van der Waals surface area (Å²) in [6.45, 7) is 11.7. The highest BCUT2D eigenvalue weighted by Crippen LogP contribution is 2.19. The maximum atomic E-state index is 3.73. The van der Waals surface area contributed by atoms with Gasteiger partial charge in [0.2, 0.25) is 0 Å². The third-order valence-electron chi connectivity index (χ3n) is 1.36. The molecule has 0 aliphatic rings. The third-order valence-corrected chi connectivity index (χ3v) is 2.17. The molecule has 0 nitrogen and oxygen atoms in total. The van der Waals surface area contributed by atoms with E-state index in [2.05, 4.69) is 25.0 Å². The van der Waals surface area contributed by atoms with Crippen LogP contribution in [-0.4, -0.2) is 6.26 Å². The van der Waals surface area contributed by atoms with Crippen molar-refractivity contribution in [2.24, 2.45) is 0 Å². The van der Waals surface area contributed by atoms with Crippen molar-refractivity contribution in [3.63, 3.8) is 0 Å². The van der Waals surface area contributed by atoms with Crippen LogP contribution in [0.15, 0.2) is 35.7 Å². The first-order valence-electron chi connectivity index (χ1n) is 5.14. The highest BCUT2D eigenvalue weighted by molar-refractivity contribution is 7.98. The minimum atomic E-state index is 1.22. The van der Waals surface area contributed by atoms with E-state index in [9.17, 15) is 0 Å². The molecule has 0 saturated heterocycles. The Labute approximate surface area is 93.4 Å². The van der Waals surface area contributed by atoms with Crippen LogP contribution >= 0.6 is 11.8 Å². The highest BCUT2D eigenvalue weighted by atomic mass is 32.2. The van der Waals surface area contributed by atoms with Crippen molar-refractivity contribution in [1.29, 1.82) is 0 Å². The molecule has 0 amide bonds. The minimum Gasteiger partial charge on any atom is -0.129 e. The Balaban J connectivity index is 0. The molecule has 0 spiro atoms. The Morgan fingerprint density at radius 2 is 1.57 bits per heavy atom. The van der Waals surface area contributed by atoms with Gasteiger partial charge in [-0.25, -0.2) is 0 Å². The fourth-order valence-electron chi connectivity index (χ4n) is 0.835. The summed E-state index contributed by atoms with van der Waals surface area (Å²) in [6.07, 6.45) is 3.95. The summed E-state index contributed by atoms with van der Waals surface area (Å²) in [5.41, 5.74) is 1.22. The molecule has 1 aromatic carbocycles. The van der Waals surface area contributed by atoms with Crippen LogP contribution < -0.4 is 0 Å². The second-order valence-electron chi connectivity index (χ2n) is 1.95. The molecular formula is C13H22S. The van der Waals surface area contributed by atoms with Gasteiger partial charge in [-0.15, -0.1) is 11.8 Å². The second kappa shape index (κ2) is 12.3. The van der Waals surface area contributed by atoms with Gasteiger partial charge >= 0.3 is 0 Å². The fourth-order valence-corrected chi connectivity index (χ4v) is 1.44. The normalized spacial score (nSPS) is 7.50. The molecule has 14 heavy (non-hydrogen) atoms. The van der Waals surface area contributed by atoms with Crippen molar-refractivity contribution >= 4 is 17.8 Å². The molecule has 0 saturated carbocycles. The first-order chi connectivity index (χ1) is 6.88. The van der Waals surface area contributed by atoms with Gasteiger partial charge in [0.05, 0.1) is 0 Å². The number of hydrogen-bond acceptors (Lipinski definition) is 1. The van der Waals surface area contributed by atoms with E-state index in [0.717, 1.165) is 0 Å². The van der Waals surface area contributed by atoms with Gasteiger partial charge in [-0.2, -0.15) is 0 Å². The lowest BCUT2D eigenvalue weighted by atomic mass is 10.2. The van der Waals surface area contributed by atoms with Gasteiger partial charge in [-0.3, -0.25) is 0 Å². The summed E-state index contributed by atoms with van der Waals surface area (Å²) in [5, 5.41) is 0. The van der Waals surface area contributed by atoms with Crippen molar-refractivity contribution in [2.45, 2.75) is 32.6 Å². The summed E-state index contributed by atoms with van der Waals surface area (Å²) in [6, 6.07) is 8.23. The molecule has 0 radical (unpaired) electrons. The molecule has 80 valence electrons. The Kier molecular flexibility index (Phi) is 13.9. The van der Waals surface area contributed by atoms with Gasteiger partial charge in [0.1, 0.15) is 0 Å².